The Bertz CT molecular complexity index is 926. The average molecular weight is 322 g/mol. The fraction of sp³-hybridized carbons (Fsp3) is 0.250. The van der Waals surface area contributed by atoms with Gasteiger partial charge < -0.3 is 13.9 Å². The van der Waals surface area contributed by atoms with Gasteiger partial charge in [-0.15, -0.1) is 0 Å². The minimum absolute atomic E-state index is 0.138. The highest BCUT2D eigenvalue weighted by atomic mass is 16.5. The first-order valence-electron chi connectivity index (χ1n) is 8.25. The molecule has 1 aliphatic heterocycles. The SMILES string of the molecule is O=c1c2c(oc3ccccc13)-c1ccccc1OCCCCCO2. The zero-order valence-electron chi connectivity index (χ0n) is 13.3. The quantitative estimate of drug-likeness (QED) is 0.615. The molecule has 0 unspecified atom stereocenters. The van der Waals surface area contributed by atoms with E-state index in [0.717, 1.165) is 24.8 Å². The Kier molecular flexibility index (Phi) is 3.95. The van der Waals surface area contributed by atoms with E-state index in [1.165, 1.54) is 0 Å². The second kappa shape index (κ2) is 6.40. The summed E-state index contributed by atoms with van der Waals surface area (Å²) in [6.07, 6.45) is 2.83. The van der Waals surface area contributed by atoms with Gasteiger partial charge >= 0.3 is 0 Å². The molecule has 0 N–H and O–H groups in total. The molecule has 4 nitrogen and oxygen atoms in total. The monoisotopic (exact) mass is 322 g/mol. The Morgan fingerprint density at radius 3 is 2.46 bits per heavy atom. The van der Waals surface area contributed by atoms with Crippen LogP contribution in [0.25, 0.3) is 22.3 Å². The first kappa shape index (κ1) is 14.8. The summed E-state index contributed by atoms with van der Waals surface area (Å²) in [5.74, 6) is 1.42. The van der Waals surface area contributed by atoms with Crippen LogP contribution in [0.2, 0.25) is 0 Å². The lowest BCUT2D eigenvalue weighted by Gasteiger charge is -2.13. The van der Waals surface area contributed by atoms with E-state index in [4.69, 9.17) is 13.9 Å². The van der Waals surface area contributed by atoms with Crippen molar-refractivity contribution in [3.8, 4) is 22.8 Å². The lowest BCUT2D eigenvalue weighted by molar-refractivity contribution is 0.281. The molecule has 4 rings (SSSR count). The second-order valence-electron chi connectivity index (χ2n) is 5.84. The normalized spacial score (nSPS) is 14.7. The van der Waals surface area contributed by atoms with Crippen LogP contribution in [0.4, 0.5) is 0 Å². The Hall–Kier alpha value is -2.75. The zero-order chi connectivity index (χ0) is 16.4. The first-order valence-corrected chi connectivity index (χ1v) is 8.25. The Morgan fingerprint density at radius 1 is 0.792 bits per heavy atom. The van der Waals surface area contributed by atoms with Crippen molar-refractivity contribution >= 4 is 11.0 Å². The number of fused-ring (bicyclic) bond motifs is 4. The molecule has 0 aliphatic carbocycles. The number of rotatable bonds is 0. The molecule has 0 saturated heterocycles. The highest BCUT2D eigenvalue weighted by Gasteiger charge is 2.20. The molecule has 3 aromatic rings. The molecule has 0 spiro atoms. The van der Waals surface area contributed by atoms with Gasteiger partial charge in [-0.1, -0.05) is 24.3 Å². The van der Waals surface area contributed by atoms with Gasteiger partial charge in [0.05, 0.1) is 24.2 Å². The van der Waals surface area contributed by atoms with Crippen LogP contribution in [0.5, 0.6) is 11.5 Å². The molecular formula is C20H18O4. The van der Waals surface area contributed by atoms with Crippen LogP contribution in [0, 0.1) is 0 Å². The van der Waals surface area contributed by atoms with E-state index in [9.17, 15) is 4.79 Å². The maximum Gasteiger partial charge on any atom is 0.235 e. The predicted octanol–water partition coefficient (Wildman–Crippen LogP) is 4.40. The third-order valence-electron chi connectivity index (χ3n) is 4.18. The fourth-order valence-corrected chi connectivity index (χ4v) is 2.95. The highest BCUT2D eigenvalue weighted by Crippen LogP contribution is 2.37. The molecule has 122 valence electrons. The molecule has 0 fully saturated rings. The van der Waals surface area contributed by atoms with Crippen LogP contribution < -0.4 is 14.9 Å². The van der Waals surface area contributed by atoms with E-state index in [0.29, 0.717) is 35.7 Å². The third-order valence-corrected chi connectivity index (χ3v) is 4.18. The number of hydrogen-bond donors (Lipinski definition) is 0. The van der Waals surface area contributed by atoms with Crippen LogP contribution in [-0.4, -0.2) is 13.2 Å². The minimum atomic E-state index is -0.138. The van der Waals surface area contributed by atoms with E-state index < -0.39 is 0 Å². The Morgan fingerprint density at radius 2 is 1.54 bits per heavy atom. The van der Waals surface area contributed by atoms with Crippen LogP contribution in [0.15, 0.2) is 57.7 Å². The molecule has 0 bridgehead atoms. The predicted molar refractivity (Wildman–Crippen MR) is 92.8 cm³/mol. The molecule has 1 aliphatic rings. The van der Waals surface area contributed by atoms with Crippen LogP contribution in [0.3, 0.4) is 0 Å². The van der Waals surface area contributed by atoms with Gasteiger partial charge in [-0.05, 0) is 43.5 Å². The van der Waals surface area contributed by atoms with Crippen molar-refractivity contribution in [1.29, 1.82) is 0 Å². The largest absolute Gasteiger partial charge is 0.493 e. The Labute approximate surface area is 139 Å². The molecule has 1 aromatic heterocycles. The summed E-state index contributed by atoms with van der Waals surface area (Å²) in [7, 11) is 0. The van der Waals surface area contributed by atoms with Gasteiger partial charge in [-0.3, -0.25) is 4.79 Å². The van der Waals surface area contributed by atoms with Crippen molar-refractivity contribution in [2.75, 3.05) is 13.2 Å². The van der Waals surface area contributed by atoms with Gasteiger partial charge in [0.25, 0.3) is 0 Å². The van der Waals surface area contributed by atoms with Gasteiger partial charge in [0.1, 0.15) is 11.3 Å². The smallest absolute Gasteiger partial charge is 0.235 e. The molecule has 0 radical (unpaired) electrons. The van der Waals surface area contributed by atoms with Crippen molar-refractivity contribution in [1.82, 2.24) is 0 Å². The van der Waals surface area contributed by atoms with E-state index in [1.807, 2.05) is 36.4 Å². The van der Waals surface area contributed by atoms with E-state index >= 15 is 0 Å². The minimum Gasteiger partial charge on any atom is -0.493 e. The molecule has 24 heavy (non-hydrogen) atoms. The maximum atomic E-state index is 12.9. The standard InChI is InChI=1S/C20H18O4/c21-18-14-8-2-5-11-17(14)24-19-15-9-3-4-10-16(15)22-12-6-1-7-13-23-20(18)19/h2-5,8-11H,1,6-7,12-13H2. The lowest BCUT2D eigenvalue weighted by Crippen LogP contribution is -2.11. The maximum absolute atomic E-state index is 12.9. The number of benzene rings is 2. The van der Waals surface area contributed by atoms with Crippen molar-refractivity contribution in [2.45, 2.75) is 19.3 Å². The van der Waals surface area contributed by atoms with Crippen molar-refractivity contribution in [3.63, 3.8) is 0 Å². The fourth-order valence-electron chi connectivity index (χ4n) is 2.95. The van der Waals surface area contributed by atoms with E-state index in [-0.39, 0.29) is 11.2 Å². The number of ether oxygens (including phenoxy) is 2. The average Bonchev–Trinajstić information content (AvgIpc) is 2.66. The van der Waals surface area contributed by atoms with Gasteiger partial charge in [-0.2, -0.15) is 0 Å². The summed E-state index contributed by atoms with van der Waals surface area (Å²) in [6, 6.07) is 14.8. The summed E-state index contributed by atoms with van der Waals surface area (Å²) in [6.45, 7) is 1.14. The third kappa shape index (κ3) is 2.64. The van der Waals surface area contributed by atoms with Crippen LogP contribution >= 0.6 is 0 Å². The number of hydrogen-bond acceptors (Lipinski definition) is 4. The summed E-state index contributed by atoms with van der Waals surface area (Å²) in [5.41, 5.74) is 1.16. The highest BCUT2D eigenvalue weighted by molar-refractivity contribution is 5.83. The lowest BCUT2D eigenvalue weighted by atomic mass is 10.1. The van der Waals surface area contributed by atoms with Crippen LogP contribution in [-0.2, 0) is 0 Å². The summed E-state index contributed by atoms with van der Waals surface area (Å²) < 4.78 is 17.8. The summed E-state index contributed by atoms with van der Waals surface area (Å²) in [5, 5.41) is 0.532. The Balaban J connectivity index is 2.00. The van der Waals surface area contributed by atoms with Gasteiger partial charge in [0, 0.05) is 0 Å². The van der Waals surface area contributed by atoms with Crippen LogP contribution in [0.1, 0.15) is 19.3 Å². The molecule has 0 amide bonds. The van der Waals surface area contributed by atoms with E-state index in [1.54, 1.807) is 12.1 Å². The van der Waals surface area contributed by atoms with Crippen molar-refractivity contribution in [2.24, 2.45) is 0 Å². The molecule has 2 heterocycles. The second-order valence-corrected chi connectivity index (χ2v) is 5.84. The first-order chi connectivity index (χ1) is 11.8. The summed E-state index contributed by atoms with van der Waals surface area (Å²) in [4.78, 5) is 12.9. The molecule has 0 saturated carbocycles. The molecule has 4 heteroatoms. The topological polar surface area (TPSA) is 48.7 Å². The molecule has 0 atom stereocenters. The van der Waals surface area contributed by atoms with Crippen molar-refractivity contribution in [3.05, 3.63) is 58.8 Å². The zero-order valence-corrected chi connectivity index (χ0v) is 13.3. The van der Waals surface area contributed by atoms with Gasteiger partial charge in [0.15, 0.2) is 5.76 Å². The van der Waals surface area contributed by atoms with E-state index in [2.05, 4.69) is 0 Å². The molecule has 2 aromatic carbocycles. The number of para-hydroxylation sites is 2. The molecular weight excluding hydrogens is 304 g/mol. The summed E-state index contributed by atoms with van der Waals surface area (Å²) >= 11 is 0. The van der Waals surface area contributed by atoms with Gasteiger partial charge in [0.2, 0.25) is 11.2 Å². The van der Waals surface area contributed by atoms with Crippen molar-refractivity contribution < 1.29 is 13.9 Å². The van der Waals surface area contributed by atoms with Gasteiger partial charge in [-0.25, -0.2) is 0 Å².